The molecule has 0 bridgehead atoms. The van der Waals surface area contributed by atoms with Crippen molar-refractivity contribution in [2.24, 2.45) is 16.7 Å². The molecule has 2 aliphatic rings. The van der Waals surface area contributed by atoms with Gasteiger partial charge in [0, 0.05) is 40.4 Å². The molecule has 2 fully saturated rings. The number of carbonyl (C=O) groups is 2. The fourth-order valence-electron chi connectivity index (χ4n) is 5.59. The van der Waals surface area contributed by atoms with E-state index in [0.29, 0.717) is 12.5 Å². The maximum atomic E-state index is 15.1. The summed E-state index contributed by atoms with van der Waals surface area (Å²) in [6, 6.07) is -1.46. The highest BCUT2D eigenvalue weighted by Crippen LogP contribution is 2.63. The summed E-state index contributed by atoms with van der Waals surface area (Å²) < 4.78 is 71.2. The Labute approximate surface area is 175 Å². The summed E-state index contributed by atoms with van der Waals surface area (Å²) in [4.78, 5) is 24.9. The van der Waals surface area contributed by atoms with Crippen molar-refractivity contribution >= 4 is 11.9 Å². The number of alkyl halides is 3. The molecule has 5 unspecified atom stereocenters. The van der Waals surface area contributed by atoms with Gasteiger partial charge in [0.15, 0.2) is 0 Å². The molecule has 1 aromatic rings. The molecule has 0 aromatic heterocycles. The van der Waals surface area contributed by atoms with Crippen LogP contribution in [-0.4, -0.2) is 24.0 Å². The van der Waals surface area contributed by atoms with Crippen molar-refractivity contribution in [1.29, 1.82) is 0 Å². The maximum absolute atomic E-state index is 15.1. The minimum Gasteiger partial charge on any atom is -0.549 e. The first kappa shape index (κ1) is 23.4. The molecule has 10 heteroatoms. The van der Waals surface area contributed by atoms with E-state index >= 15 is 4.39 Å². The van der Waals surface area contributed by atoms with Crippen molar-refractivity contribution < 1.29 is 41.8 Å². The number of piperidine rings is 1. The van der Waals surface area contributed by atoms with E-state index in [4.69, 9.17) is 0 Å². The summed E-state index contributed by atoms with van der Waals surface area (Å²) in [6.45, 7) is 3.73. The molecule has 0 amide bonds. The number of carboxylic acid groups (broad SMARTS) is 2. The Balaban J connectivity index is 2.51. The van der Waals surface area contributed by atoms with Crippen LogP contribution in [0.1, 0.15) is 57.1 Å². The highest BCUT2D eigenvalue weighted by molar-refractivity contribution is 5.82. The van der Waals surface area contributed by atoms with E-state index < -0.39 is 75.6 Å². The molecule has 3 rings (SSSR count). The van der Waals surface area contributed by atoms with Gasteiger partial charge in [-0.3, -0.25) is 0 Å². The lowest BCUT2D eigenvalue weighted by Crippen LogP contribution is -2.74. The average Bonchev–Trinajstić information content (AvgIpc) is 2.58. The van der Waals surface area contributed by atoms with Gasteiger partial charge < -0.3 is 25.1 Å². The van der Waals surface area contributed by atoms with Crippen LogP contribution >= 0.6 is 0 Å². The van der Waals surface area contributed by atoms with Gasteiger partial charge in [-0.25, -0.2) is 8.78 Å². The van der Waals surface area contributed by atoms with Crippen LogP contribution in [0.5, 0.6) is 0 Å². The third-order valence-corrected chi connectivity index (χ3v) is 7.48. The zero-order chi connectivity index (χ0) is 23.5. The van der Waals surface area contributed by atoms with Crippen LogP contribution in [0.2, 0.25) is 0 Å². The third-order valence-electron chi connectivity index (χ3n) is 7.48. The number of carboxylic acids is 2. The molecule has 172 valence electrons. The van der Waals surface area contributed by atoms with Crippen LogP contribution < -0.4 is 15.5 Å². The van der Waals surface area contributed by atoms with Gasteiger partial charge in [0.1, 0.15) is 11.6 Å². The van der Waals surface area contributed by atoms with Crippen LogP contribution in [0.3, 0.4) is 0 Å². The molecular formula is C21H22F5NO4-2. The Bertz CT molecular complexity index is 916. The van der Waals surface area contributed by atoms with Gasteiger partial charge in [0.05, 0.1) is 11.5 Å². The number of halogens is 5. The van der Waals surface area contributed by atoms with Gasteiger partial charge in [-0.2, -0.15) is 13.2 Å². The van der Waals surface area contributed by atoms with E-state index in [-0.39, 0.29) is 18.9 Å². The molecule has 1 aliphatic carbocycles. The predicted octanol–water partition coefficient (Wildman–Crippen LogP) is 1.74. The number of nitrogens with one attached hydrogen (secondary N) is 1. The highest BCUT2D eigenvalue weighted by Gasteiger charge is 2.65. The summed E-state index contributed by atoms with van der Waals surface area (Å²) in [5.41, 5.74) is -7.88. The van der Waals surface area contributed by atoms with Crippen LogP contribution in [-0.2, 0) is 15.8 Å². The predicted molar refractivity (Wildman–Crippen MR) is 94.1 cm³/mol. The molecule has 5 atom stereocenters. The Morgan fingerprint density at radius 3 is 2.00 bits per heavy atom. The molecule has 1 saturated heterocycles. The summed E-state index contributed by atoms with van der Waals surface area (Å²) in [6.07, 6.45) is -4.30. The molecule has 31 heavy (non-hydrogen) atoms. The summed E-state index contributed by atoms with van der Waals surface area (Å²) in [5, 5.41) is 27.8. The van der Waals surface area contributed by atoms with Crippen molar-refractivity contribution in [2.75, 3.05) is 0 Å². The minimum atomic E-state index is -5.40. The fourth-order valence-corrected chi connectivity index (χ4v) is 5.59. The van der Waals surface area contributed by atoms with Gasteiger partial charge >= 0.3 is 6.18 Å². The average molecular weight is 447 g/mol. The van der Waals surface area contributed by atoms with E-state index in [9.17, 15) is 37.4 Å². The van der Waals surface area contributed by atoms with Crippen LogP contribution in [0.4, 0.5) is 22.0 Å². The lowest BCUT2D eigenvalue weighted by atomic mass is 9.45. The number of carbonyl (C=O) groups excluding carboxylic acids is 2. The molecule has 1 aromatic carbocycles. The molecule has 0 spiro atoms. The molecule has 5 nitrogen and oxygen atoms in total. The van der Waals surface area contributed by atoms with Crippen molar-refractivity contribution in [1.82, 2.24) is 5.32 Å². The van der Waals surface area contributed by atoms with Gasteiger partial charge in [-0.05, 0) is 44.7 Å². The van der Waals surface area contributed by atoms with Crippen molar-refractivity contribution in [3.63, 3.8) is 0 Å². The van der Waals surface area contributed by atoms with E-state index in [0.717, 1.165) is 6.92 Å². The van der Waals surface area contributed by atoms with Gasteiger partial charge in [-0.1, -0.05) is 13.3 Å². The molecule has 0 radical (unpaired) electrons. The molecule has 1 saturated carbocycles. The number of hydrogen-bond donors (Lipinski definition) is 1. The standard InChI is InChI=1S/C21H24F5NO4/c1-9-19(3,17(28)29)16(14-12(22)7-8-13(23)15(14)21(24,25)26)20(18(30)31,10(2)27-9)11-5-4-6-11/h7-11,16,27H,4-6H2,1-3H3,(H,28,29)(H,30,31)/p-2. The minimum absolute atomic E-state index is 0.270. The number of aliphatic carboxylic acids is 2. The largest absolute Gasteiger partial charge is 0.549 e. The van der Waals surface area contributed by atoms with Gasteiger partial charge in [0.25, 0.3) is 0 Å². The Morgan fingerprint density at radius 1 is 1.03 bits per heavy atom. The Kier molecular flexibility index (Phi) is 5.61. The molecule has 1 aliphatic heterocycles. The summed E-state index contributed by atoms with van der Waals surface area (Å²) in [5.74, 6) is -9.91. The molecule has 1 heterocycles. The fraction of sp³-hybridized carbons (Fsp3) is 0.619. The van der Waals surface area contributed by atoms with Crippen molar-refractivity contribution in [3.8, 4) is 0 Å². The molecule has 1 N–H and O–H groups in total. The van der Waals surface area contributed by atoms with Crippen molar-refractivity contribution in [2.45, 2.75) is 64.2 Å². The second kappa shape index (κ2) is 7.43. The highest BCUT2D eigenvalue weighted by atomic mass is 19.4. The maximum Gasteiger partial charge on any atom is 0.419 e. The Hall–Kier alpha value is -2.23. The smallest absolute Gasteiger partial charge is 0.419 e. The number of hydrogen-bond acceptors (Lipinski definition) is 5. The van der Waals surface area contributed by atoms with Gasteiger partial charge in [0.2, 0.25) is 0 Å². The monoisotopic (exact) mass is 447 g/mol. The first-order valence-corrected chi connectivity index (χ1v) is 9.95. The van der Waals surface area contributed by atoms with Crippen LogP contribution in [0.15, 0.2) is 12.1 Å². The SMILES string of the molecule is CC1NC(C)C(C(=O)[O-])(C2CCC2)C(c2c(F)ccc(F)c2C(F)(F)F)C1(C)C(=O)[O-]. The topological polar surface area (TPSA) is 92.3 Å². The van der Waals surface area contributed by atoms with Gasteiger partial charge in [-0.15, -0.1) is 0 Å². The number of rotatable bonds is 4. The second-order valence-electron chi connectivity index (χ2n) is 8.78. The second-order valence-corrected chi connectivity index (χ2v) is 8.78. The van der Waals surface area contributed by atoms with E-state index in [2.05, 4.69) is 5.32 Å². The first-order valence-electron chi connectivity index (χ1n) is 9.95. The summed E-state index contributed by atoms with van der Waals surface area (Å²) in [7, 11) is 0. The number of benzene rings is 1. The van der Waals surface area contributed by atoms with E-state index in [1.165, 1.54) is 13.8 Å². The van der Waals surface area contributed by atoms with E-state index in [1.54, 1.807) is 0 Å². The van der Waals surface area contributed by atoms with E-state index in [1.807, 2.05) is 0 Å². The lowest BCUT2D eigenvalue weighted by molar-refractivity contribution is -0.340. The summed E-state index contributed by atoms with van der Waals surface area (Å²) >= 11 is 0. The Morgan fingerprint density at radius 2 is 1.58 bits per heavy atom. The van der Waals surface area contributed by atoms with Crippen LogP contribution in [0.25, 0.3) is 0 Å². The first-order chi connectivity index (χ1) is 14.2. The zero-order valence-electron chi connectivity index (χ0n) is 17.1. The molecular weight excluding hydrogens is 425 g/mol. The lowest BCUT2D eigenvalue weighted by Gasteiger charge is -2.64. The zero-order valence-corrected chi connectivity index (χ0v) is 17.1. The third kappa shape index (κ3) is 3.13. The van der Waals surface area contributed by atoms with Crippen molar-refractivity contribution in [3.05, 3.63) is 34.9 Å². The quantitative estimate of drug-likeness (QED) is 0.710. The van der Waals surface area contributed by atoms with Crippen LogP contribution in [0, 0.1) is 28.4 Å². The normalized spacial score (nSPS) is 34.3.